The van der Waals surface area contributed by atoms with Crippen molar-refractivity contribution in [3.63, 3.8) is 0 Å². The Morgan fingerprint density at radius 2 is 1.55 bits per heavy atom. The molecule has 2 heterocycles. The number of allylic oxidation sites excluding steroid dienone is 2. The van der Waals surface area contributed by atoms with E-state index in [1.54, 1.807) is 11.3 Å². The van der Waals surface area contributed by atoms with E-state index in [4.69, 9.17) is 4.74 Å². The number of thiazole rings is 1. The summed E-state index contributed by atoms with van der Waals surface area (Å²) in [5, 5.41) is 3.42. The SMILES string of the molecule is Cc1csc(C=CC=C2Oc3ccccc3N2Cc2ccccc2)[n+]1Cc1ccccc1.[Br-]. The summed E-state index contributed by atoms with van der Waals surface area (Å²) in [6, 6.07) is 29.3. The first-order valence-electron chi connectivity index (χ1n) is 10.8. The minimum Gasteiger partial charge on any atom is -1.00 e. The third kappa shape index (κ3) is 5.27. The van der Waals surface area contributed by atoms with Crippen LogP contribution in [0.15, 0.2) is 108 Å². The van der Waals surface area contributed by atoms with Crippen molar-refractivity contribution in [2.45, 2.75) is 20.0 Å². The summed E-state index contributed by atoms with van der Waals surface area (Å²) in [4.78, 5) is 2.23. The number of benzene rings is 3. The van der Waals surface area contributed by atoms with Crippen molar-refractivity contribution < 1.29 is 26.3 Å². The lowest BCUT2D eigenvalue weighted by atomic mass is 10.2. The highest BCUT2D eigenvalue weighted by molar-refractivity contribution is 7.10. The number of aryl methyl sites for hydroxylation is 1. The van der Waals surface area contributed by atoms with Gasteiger partial charge < -0.3 is 26.6 Å². The lowest BCUT2D eigenvalue weighted by Gasteiger charge is -2.18. The monoisotopic (exact) mass is 516 g/mol. The molecule has 4 aromatic rings. The number of hydrogen-bond donors (Lipinski definition) is 0. The maximum atomic E-state index is 6.19. The van der Waals surface area contributed by atoms with Gasteiger partial charge >= 0.3 is 0 Å². The third-order valence-corrected chi connectivity index (χ3v) is 6.58. The van der Waals surface area contributed by atoms with Gasteiger partial charge in [0, 0.05) is 18.6 Å². The number of para-hydroxylation sites is 2. The van der Waals surface area contributed by atoms with Crippen molar-refractivity contribution in [2.24, 2.45) is 0 Å². The smallest absolute Gasteiger partial charge is 0.262 e. The molecule has 0 bridgehead atoms. The van der Waals surface area contributed by atoms with Crippen molar-refractivity contribution in [2.75, 3.05) is 4.90 Å². The van der Waals surface area contributed by atoms with E-state index in [1.165, 1.54) is 21.8 Å². The molecular formula is C28H25BrN2OS. The van der Waals surface area contributed by atoms with Gasteiger partial charge in [-0.3, -0.25) is 0 Å². The van der Waals surface area contributed by atoms with Crippen LogP contribution in [0, 0.1) is 6.92 Å². The predicted octanol–water partition coefficient (Wildman–Crippen LogP) is 3.35. The van der Waals surface area contributed by atoms with Crippen LogP contribution in [0.2, 0.25) is 0 Å². The Hall–Kier alpha value is -3.15. The van der Waals surface area contributed by atoms with E-state index < -0.39 is 0 Å². The Morgan fingerprint density at radius 3 is 2.30 bits per heavy atom. The van der Waals surface area contributed by atoms with E-state index in [0.717, 1.165) is 30.4 Å². The molecule has 3 aromatic carbocycles. The van der Waals surface area contributed by atoms with Gasteiger partial charge in [0.1, 0.15) is 0 Å². The summed E-state index contributed by atoms with van der Waals surface area (Å²) in [7, 11) is 0. The lowest BCUT2D eigenvalue weighted by Crippen LogP contribution is -3.00. The molecule has 0 fully saturated rings. The number of nitrogens with zero attached hydrogens (tertiary/aromatic N) is 2. The van der Waals surface area contributed by atoms with Gasteiger partial charge in [-0.2, -0.15) is 4.57 Å². The first kappa shape index (κ1) is 23.0. The number of rotatable bonds is 6. The highest BCUT2D eigenvalue weighted by atomic mass is 79.9. The van der Waals surface area contributed by atoms with Crippen LogP contribution in [-0.4, -0.2) is 0 Å². The fraction of sp³-hybridized carbons (Fsp3) is 0.107. The van der Waals surface area contributed by atoms with Crippen LogP contribution in [0.25, 0.3) is 6.08 Å². The molecule has 0 atom stereocenters. The van der Waals surface area contributed by atoms with Crippen LogP contribution >= 0.6 is 11.3 Å². The summed E-state index contributed by atoms with van der Waals surface area (Å²) in [6.45, 7) is 3.80. The minimum atomic E-state index is 0. The van der Waals surface area contributed by atoms with Crippen molar-refractivity contribution in [3.05, 3.63) is 130 Å². The van der Waals surface area contributed by atoms with Gasteiger partial charge in [0.15, 0.2) is 18.0 Å². The molecule has 0 saturated carbocycles. The van der Waals surface area contributed by atoms with Crippen molar-refractivity contribution in [1.82, 2.24) is 0 Å². The normalized spacial score (nSPS) is 13.7. The zero-order chi connectivity index (χ0) is 21.8. The van der Waals surface area contributed by atoms with Crippen LogP contribution in [0.3, 0.4) is 0 Å². The summed E-state index contributed by atoms with van der Waals surface area (Å²) >= 11 is 1.76. The fourth-order valence-corrected chi connectivity index (χ4v) is 4.77. The number of halogens is 1. The second kappa shape index (κ2) is 10.6. The van der Waals surface area contributed by atoms with E-state index >= 15 is 0 Å². The van der Waals surface area contributed by atoms with Gasteiger partial charge in [-0.1, -0.05) is 84.1 Å². The van der Waals surface area contributed by atoms with Gasteiger partial charge in [-0.15, -0.1) is 0 Å². The molecule has 5 heteroatoms. The number of ether oxygens (including phenoxy) is 1. The van der Waals surface area contributed by atoms with Crippen molar-refractivity contribution >= 4 is 23.1 Å². The van der Waals surface area contributed by atoms with E-state index in [1.807, 2.05) is 18.2 Å². The molecule has 166 valence electrons. The Bertz CT molecular complexity index is 1270. The quantitative estimate of drug-likeness (QED) is 0.365. The molecule has 3 nitrogen and oxygen atoms in total. The zero-order valence-corrected chi connectivity index (χ0v) is 20.8. The first-order valence-corrected chi connectivity index (χ1v) is 11.6. The molecule has 0 spiro atoms. The van der Waals surface area contributed by atoms with Crippen LogP contribution in [-0.2, 0) is 13.1 Å². The predicted molar refractivity (Wildman–Crippen MR) is 132 cm³/mol. The molecule has 0 aliphatic carbocycles. The van der Waals surface area contributed by atoms with Gasteiger partial charge in [0.05, 0.1) is 17.6 Å². The Morgan fingerprint density at radius 1 is 0.879 bits per heavy atom. The van der Waals surface area contributed by atoms with Crippen LogP contribution in [0.4, 0.5) is 5.69 Å². The molecule has 0 unspecified atom stereocenters. The topological polar surface area (TPSA) is 16.4 Å². The number of hydrogen-bond acceptors (Lipinski definition) is 3. The Kier molecular flexibility index (Phi) is 7.43. The van der Waals surface area contributed by atoms with E-state index in [2.05, 4.69) is 107 Å². The summed E-state index contributed by atoms with van der Waals surface area (Å²) in [5.74, 6) is 1.74. The molecule has 0 amide bonds. The molecule has 1 aliphatic heterocycles. The molecule has 5 rings (SSSR count). The molecule has 1 aromatic heterocycles. The summed E-state index contributed by atoms with van der Waals surface area (Å²) in [5.41, 5.74) is 4.91. The third-order valence-electron chi connectivity index (χ3n) is 5.52. The molecule has 1 aliphatic rings. The largest absolute Gasteiger partial charge is 1.00 e. The summed E-state index contributed by atoms with van der Waals surface area (Å²) < 4.78 is 8.54. The van der Waals surface area contributed by atoms with Crippen molar-refractivity contribution in [3.8, 4) is 5.75 Å². The average Bonchev–Trinajstić information content (AvgIpc) is 3.36. The van der Waals surface area contributed by atoms with Gasteiger partial charge in [0.25, 0.3) is 5.01 Å². The Balaban J connectivity index is 0.00000259. The summed E-state index contributed by atoms with van der Waals surface area (Å²) in [6.07, 6.45) is 6.32. The highest BCUT2D eigenvalue weighted by Crippen LogP contribution is 2.39. The first-order chi connectivity index (χ1) is 15.8. The van der Waals surface area contributed by atoms with E-state index in [9.17, 15) is 0 Å². The van der Waals surface area contributed by atoms with E-state index in [0.29, 0.717) is 0 Å². The Labute approximate surface area is 209 Å². The highest BCUT2D eigenvalue weighted by Gasteiger charge is 2.25. The lowest BCUT2D eigenvalue weighted by molar-refractivity contribution is -0.691. The van der Waals surface area contributed by atoms with Crippen LogP contribution in [0.5, 0.6) is 5.75 Å². The average molecular weight is 517 g/mol. The van der Waals surface area contributed by atoms with Crippen molar-refractivity contribution in [1.29, 1.82) is 0 Å². The second-order valence-corrected chi connectivity index (χ2v) is 8.68. The number of anilines is 1. The van der Waals surface area contributed by atoms with Crippen LogP contribution < -0.4 is 31.2 Å². The van der Waals surface area contributed by atoms with Gasteiger partial charge in [0.2, 0.25) is 5.88 Å². The van der Waals surface area contributed by atoms with E-state index in [-0.39, 0.29) is 17.0 Å². The van der Waals surface area contributed by atoms with Crippen LogP contribution in [0.1, 0.15) is 21.8 Å². The van der Waals surface area contributed by atoms with Gasteiger partial charge in [-0.25, -0.2) is 0 Å². The standard InChI is InChI=1S/C28H25N2OS.BrH/c1-22-21-32-28(29(22)19-23-11-4-2-5-12-23)18-10-17-27-30(20-24-13-6-3-7-14-24)25-15-8-9-16-26(25)31-27;/h2-18,21H,19-20H2,1H3;1H/q+1;/p-1. The molecular weight excluding hydrogens is 492 g/mol. The maximum Gasteiger partial charge on any atom is 0.262 e. The maximum absolute atomic E-state index is 6.19. The number of fused-ring (bicyclic) bond motifs is 1. The van der Waals surface area contributed by atoms with Gasteiger partial charge in [-0.05, 0) is 29.8 Å². The second-order valence-electron chi connectivity index (χ2n) is 7.79. The molecule has 33 heavy (non-hydrogen) atoms. The molecule has 0 radical (unpaired) electrons. The molecule has 0 saturated heterocycles. The number of aromatic nitrogens is 1. The fourth-order valence-electron chi connectivity index (χ4n) is 3.86. The molecule has 0 N–H and O–H groups in total. The zero-order valence-electron chi connectivity index (χ0n) is 18.4. The minimum absolute atomic E-state index is 0.